The number of ether oxygens (including phenoxy) is 2. The summed E-state index contributed by atoms with van der Waals surface area (Å²) in [7, 11) is 0. The number of hydrogen-bond donors (Lipinski definition) is 1. The lowest BCUT2D eigenvalue weighted by molar-refractivity contribution is -0.159. The third-order valence-electron chi connectivity index (χ3n) is 4.46. The second kappa shape index (κ2) is 6.36. The maximum atomic E-state index is 6.48. The van der Waals surface area contributed by atoms with Crippen LogP contribution in [0, 0.1) is 0 Å². The molecule has 0 aromatic rings. The molecule has 18 heavy (non-hydrogen) atoms. The molecule has 3 heteroatoms. The quantitative estimate of drug-likeness (QED) is 0.788. The third-order valence-corrected chi connectivity index (χ3v) is 4.46. The molecule has 0 amide bonds. The second-order valence-corrected chi connectivity index (χ2v) is 6.27. The maximum Gasteiger partial charge on any atom is 0.0807 e. The molecule has 0 aromatic heterocycles. The Morgan fingerprint density at radius 1 is 1.06 bits per heavy atom. The summed E-state index contributed by atoms with van der Waals surface area (Å²) in [6.45, 7) is 4.97. The molecule has 2 unspecified atom stereocenters. The van der Waals surface area contributed by atoms with E-state index in [1.807, 2.05) is 0 Å². The molecule has 106 valence electrons. The largest absolute Gasteiger partial charge is 0.375 e. The van der Waals surface area contributed by atoms with Crippen molar-refractivity contribution in [1.29, 1.82) is 0 Å². The lowest BCUT2D eigenvalue weighted by Gasteiger charge is -2.40. The van der Waals surface area contributed by atoms with Gasteiger partial charge in [0.25, 0.3) is 0 Å². The minimum atomic E-state index is -0.0437. The monoisotopic (exact) mass is 255 g/mol. The maximum absolute atomic E-state index is 6.48. The van der Waals surface area contributed by atoms with Crippen molar-refractivity contribution in [3.8, 4) is 0 Å². The van der Waals surface area contributed by atoms with Crippen molar-refractivity contribution >= 4 is 0 Å². The average Bonchev–Trinajstić information content (AvgIpc) is 2.54. The van der Waals surface area contributed by atoms with E-state index in [1.165, 1.54) is 25.7 Å². The Bertz CT molecular complexity index is 239. The molecule has 2 aliphatic rings. The lowest BCUT2D eigenvalue weighted by Crippen LogP contribution is -2.46. The highest BCUT2D eigenvalue weighted by molar-refractivity contribution is 4.87. The zero-order chi connectivity index (χ0) is 13.0. The lowest BCUT2D eigenvalue weighted by atomic mass is 9.92. The molecule has 1 saturated heterocycles. The molecule has 3 nitrogen and oxygen atoms in total. The predicted octanol–water partition coefficient (Wildman–Crippen LogP) is 3.01. The first-order valence-corrected chi connectivity index (χ1v) is 7.67. The predicted molar refractivity (Wildman–Crippen MR) is 73.6 cm³/mol. The van der Waals surface area contributed by atoms with Gasteiger partial charge in [-0.05, 0) is 39.5 Å². The van der Waals surface area contributed by atoms with Crippen LogP contribution in [0.15, 0.2) is 0 Å². The standard InChI is InChI=1S/C15H29NO2/c1-12-9-14(10-13(2)17-12)18-15(11-16)7-5-3-4-6-8-15/h12-14H,3-11,16H2,1-2H3. The van der Waals surface area contributed by atoms with E-state index < -0.39 is 0 Å². The Balaban J connectivity index is 1.95. The Hall–Kier alpha value is -0.120. The van der Waals surface area contributed by atoms with Crippen molar-refractivity contribution in [1.82, 2.24) is 0 Å². The van der Waals surface area contributed by atoms with Gasteiger partial charge in [-0.3, -0.25) is 0 Å². The molecule has 0 spiro atoms. The van der Waals surface area contributed by atoms with Gasteiger partial charge in [-0.2, -0.15) is 0 Å². The zero-order valence-electron chi connectivity index (χ0n) is 12.0. The van der Waals surface area contributed by atoms with Gasteiger partial charge in [0.2, 0.25) is 0 Å². The topological polar surface area (TPSA) is 44.5 Å². The van der Waals surface area contributed by atoms with Crippen LogP contribution in [0.5, 0.6) is 0 Å². The van der Waals surface area contributed by atoms with Crippen LogP contribution in [0.3, 0.4) is 0 Å². The Morgan fingerprint density at radius 3 is 2.11 bits per heavy atom. The van der Waals surface area contributed by atoms with Crippen molar-refractivity contribution in [2.75, 3.05) is 6.54 Å². The minimum absolute atomic E-state index is 0.0437. The zero-order valence-corrected chi connectivity index (χ0v) is 12.0. The van der Waals surface area contributed by atoms with Crippen molar-refractivity contribution in [3.05, 3.63) is 0 Å². The summed E-state index contributed by atoms with van der Waals surface area (Å²) >= 11 is 0. The molecule has 2 atom stereocenters. The van der Waals surface area contributed by atoms with Gasteiger partial charge < -0.3 is 15.2 Å². The van der Waals surface area contributed by atoms with Crippen LogP contribution in [0.2, 0.25) is 0 Å². The van der Waals surface area contributed by atoms with Gasteiger partial charge in [-0.1, -0.05) is 25.7 Å². The Morgan fingerprint density at radius 2 is 1.61 bits per heavy atom. The first kappa shape index (κ1) is 14.3. The van der Waals surface area contributed by atoms with Crippen LogP contribution in [-0.2, 0) is 9.47 Å². The van der Waals surface area contributed by atoms with Gasteiger partial charge >= 0.3 is 0 Å². The highest BCUT2D eigenvalue weighted by atomic mass is 16.5. The summed E-state index contributed by atoms with van der Waals surface area (Å²) in [5.74, 6) is 0. The minimum Gasteiger partial charge on any atom is -0.375 e. The van der Waals surface area contributed by atoms with Crippen LogP contribution >= 0.6 is 0 Å². The van der Waals surface area contributed by atoms with E-state index in [4.69, 9.17) is 15.2 Å². The summed E-state index contributed by atoms with van der Waals surface area (Å²) in [6.07, 6.45) is 10.5. The number of rotatable bonds is 3. The van der Waals surface area contributed by atoms with Crippen molar-refractivity contribution in [2.24, 2.45) is 5.73 Å². The summed E-state index contributed by atoms with van der Waals surface area (Å²) in [6, 6.07) is 0. The molecule has 1 heterocycles. The molecule has 2 rings (SSSR count). The van der Waals surface area contributed by atoms with E-state index in [2.05, 4.69) is 13.8 Å². The molecule has 0 bridgehead atoms. The molecule has 1 aliphatic carbocycles. The molecule has 1 aliphatic heterocycles. The fourth-order valence-electron chi connectivity index (χ4n) is 3.54. The fourth-order valence-corrected chi connectivity index (χ4v) is 3.54. The van der Waals surface area contributed by atoms with Crippen molar-refractivity contribution in [2.45, 2.75) is 89.1 Å². The average molecular weight is 255 g/mol. The van der Waals surface area contributed by atoms with Crippen LogP contribution < -0.4 is 5.73 Å². The van der Waals surface area contributed by atoms with E-state index >= 15 is 0 Å². The first-order valence-electron chi connectivity index (χ1n) is 7.67. The van der Waals surface area contributed by atoms with Crippen LogP contribution in [-0.4, -0.2) is 30.5 Å². The van der Waals surface area contributed by atoms with E-state index in [0.29, 0.717) is 24.9 Å². The normalized spacial score (nSPS) is 37.2. The summed E-state index contributed by atoms with van der Waals surface area (Å²) in [5.41, 5.74) is 5.99. The molecule has 2 N–H and O–H groups in total. The molecule has 0 radical (unpaired) electrons. The van der Waals surface area contributed by atoms with E-state index in [9.17, 15) is 0 Å². The summed E-state index contributed by atoms with van der Waals surface area (Å²) < 4.78 is 12.3. The van der Waals surface area contributed by atoms with Gasteiger partial charge in [0.05, 0.1) is 23.9 Å². The summed E-state index contributed by atoms with van der Waals surface area (Å²) in [5, 5.41) is 0. The molecule has 2 fully saturated rings. The van der Waals surface area contributed by atoms with Gasteiger partial charge in [-0.25, -0.2) is 0 Å². The highest BCUT2D eigenvalue weighted by Crippen LogP contribution is 2.34. The van der Waals surface area contributed by atoms with Crippen LogP contribution in [0.4, 0.5) is 0 Å². The van der Waals surface area contributed by atoms with E-state index in [-0.39, 0.29) is 5.60 Å². The molecule has 1 saturated carbocycles. The SMILES string of the molecule is CC1CC(OC2(CN)CCCCCC2)CC(C)O1. The second-order valence-electron chi connectivity index (χ2n) is 6.27. The van der Waals surface area contributed by atoms with Gasteiger partial charge in [0.1, 0.15) is 0 Å². The smallest absolute Gasteiger partial charge is 0.0807 e. The van der Waals surface area contributed by atoms with Crippen molar-refractivity contribution < 1.29 is 9.47 Å². The van der Waals surface area contributed by atoms with Gasteiger partial charge in [0.15, 0.2) is 0 Å². The molecular weight excluding hydrogens is 226 g/mol. The van der Waals surface area contributed by atoms with Gasteiger partial charge in [-0.15, -0.1) is 0 Å². The van der Waals surface area contributed by atoms with E-state index in [1.54, 1.807) is 0 Å². The molecular formula is C15H29NO2. The Kier molecular flexibility index (Phi) is 5.05. The van der Waals surface area contributed by atoms with Gasteiger partial charge in [0, 0.05) is 6.54 Å². The van der Waals surface area contributed by atoms with Crippen molar-refractivity contribution in [3.63, 3.8) is 0 Å². The fraction of sp³-hybridized carbons (Fsp3) is 1.00. The summed E-state index contributed by atoms with van der Waals surface area (Å²) in [4.78, 5) is 0. The third kappa shape index (κ3) is 3.69. The van der Waals surface area contributed by atoms with Crippen LogP contribution in [0.1, 0.15) is 65.2 Å². The number of hydrogen-bond acceptors (Lipinski definition) is 3. The van der Waals surface area contributed by atoms with E-state index in [0.717, 1.165) is 25.7 Å². The first-order chi connectivity index (χ1) is 8.63. The highest BCUT2D eigenvalue weighted by Gasteiger charge is 2.35. The molecule has 0 aromatic carbocycles. The van der Waals surface area contributed by atoms with Crippen LogP contribution in [0.25, 0.3) is 0 Å². The Labute approximate surface area is 111 Å². The number of nitrogens with two attached hydrogens (primary N) is 1.